The number of nitrogens with zero attached hydrogens (tertiary/aromatic N) is 1. The van der Waals surface area contributed by atoms with Gasteiger partial charge in [-0.25, -0.2) is 9.18 Å². The molecule has 0 fully saturated rings. The third kappa shape index (κ3) is 3.67. The summed E-state index contributed by atoms with van der Waals surface area (Å²) in [7, 11) is 0. The molecule has 0 atom stereocenters. The number of carbonyl (C=O) groups is 1. The maximum absolute atomic E-state index is 13.2. The van der Waals surface area contributed by atoms with Crippen molar-refractivity contribution in [2.45, 2.75) is 6.92 Å². The Morgan fingerprint density at radius 1 is 1.59 bits per heavy atom. The second-order valence-electron chi connectivity index (χ2n) is 3.05. The molecule has 90 valence electrons. The second kappa shape index (κ2) is 5.74. The van der Waals surface area contributed by atoms with Gasteiger partial charge in [0.15, 0.2) is 0 Å². The number of halogens is 1. The Morgan fingerprint density at radius 2 is 2.29 bits per heavy atom. The third-order valence-corrected chi connectivity index (χ3v) is 1.88. The molecule has 0 saturated carbocycles. The lowest BCUT2D eigenvalue weighted by molar-refractivity contribution is -0.384. The van der Waals surface area contributed by atoms with Gasteiger partial charge in [-0.1, -0.05) is 0 Å². The summed E-state index contributed by atoms with van der Waals surface area (Å²) in [5.41, 5.74) is -0.276. The van der Waals surface area contributed by atoms with Crippen LogP contribution < -0.4 is 0 Å². The van der Waals surface area contributed by atoms with E-state index in [-0.39, 0.29) is 17.9 Å². The van der Waals surface area contributed by atoms with Crippen molar-refractivity contribution in [2.24, 2.45) is 0 Å². The summed E-state index contributed by atoms with van der Waals surface area (Å²) in [6.45, 7) is 1.85. The summed E-state index contributed by atoms with van der Waals surface area (Å²) in [6.07, 6.45) is 2.16. The van der Waals surface area contributed by atoms with Crippen molar-refractivity contribution in [3.05, 3.63) is 45.8 Å². The van der Waals surface area contributed by atoms with Crippen molar-refractivity contribution in [2.75, 3.05) is 6.61 Å². The van der Waals surface area contributed by atoms with Gasteiger partial charge in [-0.05, 0) is 19.1 Å². The molecule has 17 heavy (non-hydrogen) atoms. The zero-order valence-electron chi connectivity index (χ0n) is 9.05. The highest BCUT2D eigenvalue weighted by atomic mass is 19.1. The van der Waals surface area contributed by atoms with Crippen LogP contribution in [0.5, 0.6) is 0 Å². The molecule has 0 saturated heterocycles. The van der Waals surface area contributed by atoms with Crippen molar-refractivity contribution >= 4 is 17.7 Å². The van der Waals surface area contributed by atoms with E-state index in [2.05, 4.69) is 4.74 Å². The van der Waals surface area contributed by atoms with Crippen molar-refractivity contribution < 1.29 is 18.8 Å². The zero-order valence-corrected chi connectivity index (χ0v) is 9.05. The summed E-state index contributed by atoms with van der Waals surface area (Å²) in [5.74, 6) is -1.27. The highest BCUT2D eigenvalue weighted by molar-refractivity contribution is 5.87. The minimum absolute atomic E-state index is 0.0350. The summed E-state index contributed by atoms with van der Waals surface area (Å²) in [5, 5.41) is 10.5. The maximum Gasteiger partial charge on any atom is 0.330 e. The highest BCUT2D eigenvalue weighted by Crippen LogP contribution is 2.17. The van der Waals surface area contributed by atoms with Crippen LogP contribution in [0, 0.1) is 15.9 Å². The summed E-state index contributed by atoms with van der Waals surface area (Å²) in [4.78, 5) is 20.8. The van der Waals surface area contributed by atoms with Crippen LogP contribution in [0.2, 0.25) is 0 Å². The van der Waals surface area contributed by atoms with Crippen LogP contribution in [0.4, 0.5) is 10.1 Å². The van der Waals surface area contributed by atoms with E-state index >= 15 is 0 Å². The molecule has 0 aliphatic heterocycles. The molecule has 0 aliphatic rings. The molecule has 0 bridgehead atoms. The van der Waals surface area contributed by atoms with Crippen LogP contribution in [0.25, 0.3) is 6.08 Å². The number of rotatable bonds is 4. The summed E-state index contributed by atoms with van der Waals surface area (Å²) >= 11 is 0. The average molecular weight is 239 g/mol. The topological polar surface area (TPSA) is 69.4 Å². The highest BCUT2D eigenvalue weighted by Gasteiger charge is 2.09. The van der Waals surface area contributed by atoms with E-state index in [0.717, 1.165) is 30.4 Å². The van der Waals surface area contributed by atoms with Crippen LogP contribution in [0.1, 0.15) is 12.5 Å². The number of non-ortho nitro benzene ring substituents is 1. The predicted molar refractivity (Wildman–Crippen MR) is 58.7 cm³/mol. The van der Waals surface area contributed by atoms with Crippen LogP contribution >= 0.6 is 0 Å². The van der Waals surface area contributed by atoms with Crippen molar-refractivity contribution in [1.29, 1.82) is 0 Å². The molecule has 0 N–H and O–H groups in total. The number of carbonyl (C=O) groups excluding carboxylic acids is 1. The Labute approximate surface area is 96.7 Å². The summed E-state index contributed by atoms with van der Waals surface area (Å²) < 4.78 is 17.8. The molecule has 0 spiro atoms. The molecule has 1 aromatic rings. The third-order valence-electron chi connectivity index (χ3n) is 1.88. The quantitative estimate of drug-likeness (QED) is 0.350. The van der Waals surface area contributed by atoms with E-state index in [1.807, 2.05) is 0 Å². The molecular weight excluding hydrogens is 229 g/mol. The Balaban J connectivity index is 2.93. The molecule has 1 rings (SSSR count). The first kappa shape index (κ1) is 12.8. The standard InChI is InChI=1S/C11H10FNO4/c1-2-17-11(14)6-3-8-7-9(13(15)16)4-5-10(8)12/h3-7H,2H2,1H3/b6-3-. The molecule has 0 aromatic heterocycles. The predicted octanol–water partition coefficient (Wildman–Crippen LogP) is 2.31. The zero-order chi connectivity index (χ0) is 12.8. The van der Waals surface area contributed by atoms with Gasteiger partial charge in [0.25, 0.3) is 5.69 Å². The minimum atomic E-state index is -0.642. The Hall–Kier alpha value is -2.24. The molecule has 0 aliphatic carbocycles. The fourth-order valence-electron chi connectivity index (χ4n) is 1.12. The van der Waals surface area contributed by atoms with Crippen molar-refractivity contribution in [3.63, 3.8) is 0 Å². The van der Waals surface area contributed by atoms with Gasteiger partial charge in [-0.3, -0.25) is 10.1 Å². The second-order valence-corrected chi connectivity index (χ2v) is 3.05. The maximum atomic E-state index is 13.2. The van der Waals surface area contributed by atoms with E-state index in [0.29, 0.717) is 0 Å². The number of hydrogen-bond acceptors (Lipinski definition) is 4. The molecule has 0 radical (unpaired) electrons. The molecule has 5 nitrogen and oxygen atoms in total. The Morgan fingerprint density at radius 3 is 2.88 bits per heavy atom. The molecule has 6 heteroatoms. The number of ether oxygens (including phenoxy) is 1. The monoisotopic (exact) mass is 239 g/mol. The van der Waals surface area contributed by atoms with Crippen LogP contribution in [0.15, 0.2) is 24.3 Å². The molecular formula is C11H10FNO4. The Kier molecular flexibility index (Phi) is 4.33. The van der Waals surface area contributed by atoms with Gasteiger partial charge < -0.3 is 4.74 Å². The van der Waals surface area contributed by atoms with Gasteiger partial charge in [-0.15, -0.1) is 0 Å². The number of nitro benzene ring substituents is 1. The first-order valence-electron chi connectivity index (χ1n) is 4.83. The van der Waals surface area contributed by atoms with Gasteiger partial charge in [0.05, 0.1) is 11.5 Å². The lowest BCUT2D eigenvalue weighted by Crippen LogP contribution is -1.99. The van der Waals surface area contributed by atoms with Gasteiger partial charge in [0, 0.05) is 23.8 Å². The van der Waals surface area contributed by atoms with E-state index in [1.54, 1.807) is 6.92 Å². The van der Waals surface area contributed by atoms with Crippen LogP contribution in [0.3, 0.4) is 0 Å². The van der Waals surface area contributed by atoms with E-state index < -0.39 is 16.7 Å². The van der Waals surface area contributed by atoms with Crippen molar-refractivity contribution in [1.82, 2.24) is 0 Å². The minimum Gasteiger partial charge on any atom is -0.463 e. The van der Waals surface area contributed by atoms with E-state index in [4.69, 9.17) is 0 Å². The van der Waals surface area contributed by atoms with Gasteiger partial charge in [0.1, 0.15) is 5.82 Å². The number of benzene rings is 1. The first-order valence-corrected chi connectivity index (χ1v) is 4.83. The van der Waals surface area contributed by atoms with Gasteiger partial charge in [-0.2, -0.15) is 0 Å². The molecule has 0 amide bonds. The number of esters is 1. The lowest BCUT2D eigenvalue weighted by atomic mass is 10.2. The first-order chi connectivity index (χ1) is 8.04. The Bertz CT molecular complexity index is 471. The van der Waals surface area contributed by atoms with Crippen LogP contribution in [-0.4, -0.2) is 17.5 Å². The molecule has 0 heterocycles. The van der Waals surface area contributed by atoms with E-state index in [9.17, 15) is 19.3 Å². The molecule has 0 unspecified atom stereocenters. The van der Waals surface area contributed by atoms with Gasteiger partial charge >= 0.3 is 5.97 Å². The fourth-order valence-corrected chi connectivity index (χ4v) is 1.12. The van der Waals surface area contributed by atoms with Crippen LogP contribution in [-0.2, 0) is 9.53 Å². The number of hydrogen-bond donors (Lipinski definition) is 0. The SMILES string of the molecule is CCOC(=O)/C=C\c1cc([N+](=O)[O-])ccc1F. The lowest BCUT2D eigenvalue weighted by Gasteiger charge is -1.98. The largest absolute Gasteiger partial charge is 0.463 e. The average Bonchev–Trinajstić information content (AvgIpc) is 2.28. The molecule has 1 aromatic carbocycles. The smallest absolute Gasteiger partial charge is 0.330 e. The normalized spacial score (nSPS) is 10.5. The number of nitro groups is 1. The fraction of sp³-hybridized carbons (Fsp3) is 0.182. The summed E-state index contributed by atoms with van der Waals surface area (Å²) in [6, 6.07) is 3.07. The van der Waals surface area contributed by atoms with Crippen molar-refractivity contribution in [3.8, 4) is 0 Å². The van der Waals surface area contributed by atoms with Gasteiger partial charge in [0.2, 0.25) is 0 Å². The van der Waals surface area contributed by atoms with E-state index in [1.165, 1.54) is 0 Å².